The Kier molecular flexibility index (Phi) is 3.36. The number of hydrogen-bond donors (Lipinski definition) is 1. The third kappa shape index (κ3) is 2.41. The van der Waals surface area contributed by atoms with Crippen LogP contribution in [0.4, 0.5) is 0 Å². The fourth-order valence-electron chi connectivity index (χ4n) is 2.37. The van der Waals surface area contributed by atoms with Gasteiger partial charge in [-0.2, -0.15) is 0 Å². The smallest absolute Gasteiger partial charge is 0.109 e. The average Bonchev–Trinajstić information content (AvgIpc) is 3.06. The monoisotopic (exact) mass is 271 g/mol. The first-order valence-electron chi connectivity index (χ1n) is 6.41. The predicted octanol–water partition coefficient (Wildman–Crippen LogP) is 3.49. The van der Waals surface area contributed by atoms with Gasteiger partial charge < -0.3 is 9.88 Å². The summed E-state index contributed by atoms with van der Waals surface area (Å²) in [5.74, 6) is 0. The molecule has 3 nitrogen and oxygen atoms in total. The van der Waals surface area contributed by atoms with Crippen molar-refractivity contribution in [3.8, 4) is 0 Å². The van der Waals surface area contributed by atoms with Crippen LogP contribution in [0.1, 0.15) is 23.5 Å². The van der Waals surface area contributed by atoms with Crippen molar-refractivity contribution in [3.63, 3.8) is 0 Å². The van der Waals surface area contributed by atoms with E-state index in [1.54, 1.807) is 11.3 Å². The van der Waals surface area contributed by atoms with Crippen LogP contribution in [0, 0.1) is 0 Å². The van der Waals surface area contributed by atoms with Crippen LogP contribution in [-0.4, -0.2) is 9.55 Å². The van der Waals surface area contributed by atoms with Gasteiger partial charge in [0.2, 0.25) is 0 Å². The van der Waals surface area contributed by atoms with Crippen LogP contribution < -0.4 is 5.32 Å². The van der Waals surface area contributed by atoms with Gasteiger partial charge in [0.1, 0.15) is 5.01 Å². The molecule has 0 radical (unpaired) electrons. The zero-order chi connectivity index (χ0) is 13.2. The molecule has 98 valence electrons. The highest BCUT2D eigenvalue weighted by molar-refractivity contribution is 7.09. The van der Waals surface area contributed by atoms with Crippen LogP contribution in [0.2, 0.25) is 0 Å². The van der Waals surface area contributed by atoms with E-state index in [2.05, 4.69) is 59.3 Å². The molecule has 1 atom stereocenters. The van der Waals surface area contributed by atoms with E-state index in [4.69, 9.17) is 0 Å². The molecule has 19 heavy (non-hydrogen) atoms. The van der Waals surface area contributed by atoms with Crippen molar-refractivity contribution >= 4 is 22.2 Å². The van der Waals surface area contributed by atoms with Crippen molar-refractivity contribution in [1.29, 1.82) is 0 Å². The minimum absolute atomic E-state index is 0.291. The lowest BCUT2D eigenvalue weighted by atomic mass is 10.1. The summed E-state index contributed by atoms with van der Waals surface area (Å²) in [6.45, 7) is 3.02. The van der Waals surface area contributed by atoms with E-state index in [9.17, 15) is 0 Å². The fourth-order valence-corrected chi connectivity index (χ4v) is 3.04. The highest BCUT2D eigenvalue weighted by Gasteiger charge is 2.10. The molecule has 4 heteroatoms. The molecule has 0 aliphatic rings. The summed E-state index contributed by atoms with van der Waals surface area (Å²) in [6, 6.07) is 8.80. The van der Waals surface area contributed by atoms with Gasteiger partial charge in [-0.15, -0.1) is 11.3 Å². The van der Waals surface area contributed by atoms with Crippen LogP contribution in [0.25, 0.3) is 10.9 Å². The highest BCUT2D eigenvalue weighted by Crippen LogP contribution is 2.21. The van der Waals surface area contributed by atoms with Gasteiger partial charge in [-0.05, 0) is 18.6 Å². The van der Waals surface area contributed by atoms with E-state index >= 15 is 0 Å². The predicted molar refractivity (Wildman–Crippen MR) is 80.3 cm³/mol. The molecule has 0 saturated heterocycles. The van der Waals surface area contributed by atoms with Gasteiger partial charge in [-0.3, -0.25) is 0 Å². The zero-order valence-corrected chi connectivity index (χ0v) is 11.9. The molecular weight excluding hydrogens is 254 g/mol. The van der Waals surface area contributed by atoms with Gasteiger partial charge in [0.05, 0.1) is 6.04 Å². The minimum atomic E-state index is 0.291. The van der Waals surface area contributed by atoms with Crippen LogP contribution >= 0.6 is 11.3 Å². The quantitative estimate of drug-likeness (QED) is 0.787. The van der Waals surface area contributed by atoms with Gasteiger partial charge in [0, 0.05) is 42.3 Å². The number of fused-ring (bicyclic) bond motifs is 1. The van der Waals surface area contributed by atoms with E-state index in [0.717, 1.165) is 11.6 Å². The van der Waals surface area contributed by atoms with Gasteiger partial charge in [0.25, 0.3) is 0 Å². The Morgan fingerprint density at radius 2 is 2.21 bits per heavy atom. The van der Waals surface area contributed by atoms with Crippen molar-refractivity contribution < 1.29 is 0 Å². The number of aromatic nitrogens is 2. The van der Waals surface area contributed by atoms with Crippen LogP contribution in [-0.2, 0) is 13.6 Å². The topological polar surface area (TPSA) is 29.9 Å². The lowest BCUT2D eigenvalue weighted by molar-refractivity contribution is 0.573. The molecule has 1 aromatic carbocycles. The van der Waals surface area contributed by atoms with E-state index in [1.165, 1.54) is 16.5 Å². The number of benzene rings is 1. The van der Waals surface area contributed by atoms with Crippen molar-refractivity contribution in [2.45, 2.75) is 19.5 Å². The molecule has 0 aliphatic heterocycles. The maximum atomic E-state index is 4.35. The Labute approximate surface area is 116 Å². The van der Waals surface area contributed by atoms with E-state index in [0.29, 0.717) is 6.04 Å². The van der Waals surface area contributed by atoms with E-state index in [1.807, 2.05) is 11.6 Å². The Bertz CT molecular complexity index is 670. The van der Waals surface area contributed by atoms with Crippen LogP contribution in [0.15, 0.2) is 42.0 Å². The van der Waals surface area contributed by atoms with E-state index < -0.39 is 0 Å². The lowest BCUT2D eigenvalue weighted by Crippen LogP contribution is -2.17. The van der Waals surface area contributed by atoms with Gasteiger partial charge in [0.15, 0.2) is 0 Å². The molecule has 3 aromatic rings. The van der Waals surface area contributed by atoms with Gasteiger partial charge in [-0.1, -0.05) is 18.2 Å². The lowest BCUT2D eigenvalue weighted by Gasteiger charge is -2.10. The van der Waals surface area contributed by atoms with Gasteiger partial charge in [-0.25, -0.2) is 4.98 Å². The van der Waals surface area contributed by atoms with E-state index in [-0.39, 0.29) is 0 Å². The minimum Gasteiger partial charge on any atom is -0.350 e. The highest BCUT2D eigenvalue weighted by atomic mass is 32.1. The summed E-state index contributed by atoms with van der Waals surface area (Å²) < 4.78 is 2.18. The second-order valence-electron chi connectivity index (χ2n) is 4.76. The third-order valence-corrected chi connectivity index (χ3v) is 4.36. The molecule has 2 aromatic heterocycles. The van der Waals surface area contributed by atoms with Crippen molar-refractivity contribution in [1.82, 2.24) is 14.9 Å². The molecule has 2 heterocycles. The number of hydrogen-bond acceptors (Lipinski definition) is 3. The maximum Gasteiger partial charge on any atom is 0.109 e. The molecule has 0 aliphatic carbocycles. The fraction of sp³-hybridized carbons (Fsp3) is 0.267. The number of para-hydroxylation sites is 1. The largest absolute Gasteiger partial charge is 0.350 e. The zero-order valence-electron chi connectivity index (χ0n) is 11.1. The summed E-state index contributed by atoms with van der Waals surface area (Å²) >= 11 is 1.70. The molecular formula is C15H17N3S. The summed E-state index contributed by atoms with van der Waals surface area (Å²) in [5.41, 5.74) is 2.61. The maximum absolute atomic E-state index is 4.35. The Morgan fingerprint density at radius 3 is 3.00 bits per heavy atom. The molecule has 3 rings (SSSR count). The first-order valence-corrected chi connectivity index (χ1v) is 7.29. The van der Waals surface area contributed by atoms with Crippen LogP contribution in [0.5, 0.6) is 0 Å². The number of rotatable bonds is 4. The summed E-state index contributed by atoms with van der Waals surface area (Å²) in [5, 5.41) is 8.02. The molecule has 0 fully saturated rings. The first-order chi connectivity index (χ1) is 9.25. The molecule has 0 amide bonds. The Hall–Kier alpha value is -1.65. The number of nitrogens with one attached hydrogen (secondary N) is 1. The molecule has 1 N–H and O–H groups in total. The number of thiazole rings is 1. The average molecular weight is 271 g/mol. The normalized spacial score (nSPS) is 12.9. The summed E-state index contributed by atoms with van der Waals surface area (Å²) in [7, 11) is 2.09. The van der Waals surface area contributed by atoms with Crippen molar-refractivity contribution in [3.05, 3.63) is 52.6 Å². The second kappa shape index (κ2) is 5.15. The Balaban J connectivity index is 1.79. The summed E-state index contributed by atoms with van der Waals surface area (Å²) in [4.78, 5) is 4.35. The SMILES string of the molecule is CC(NCc1cn(C)c2ccccc12)c1nccs1. The second-order valence-corrected chi connectivity index (χ2v) is 5.68. The third-order valence-electron chi connectivity index (χ3n) is 3.40. The van der Waals surface area contributed by atoms with Gasteiger partial charge >= 0.3 is 0 Å². The standard InChI is InChI=1S/C15H17N3S/c1-11(15-16-7-8-19-15)17-9-12-10-18(2)14-6-4-3-5-13(12)14/h3-8,10-11,17H,9H2,1-2H3. The first kappa shape index (κ1) is 12.4. The van der Waals surface area contributed by atoms with Crippen LogP contribution in [0.3, 0.4) is 0 Å². The Morgan fingerprint density at radius 1 is 1.37 bits per heavy atom. The van der Waals surface area contributed by atoms with Crippen molar-refractivity contribution in [2.24, 2.45) is 7.05 Å². The molecule has 0 saturated carbocycles. The number of nitrogens with zero attached hydrogens (tertiary/aromatic N) is 2. The molecule has 0 bridgehead atoms. The summed E-state index contributed by atoms with van der Waals surface area (Å²) in [6.07, 6.45) is 4.06. The molecule has 0 spiro atoms. The molecule has 1 unspecified atom stereocenters. The van der Waals surface area contributed by atoms with Crippen molar-refractivity contribution in [2.75, 3.05) is 0 Å². The number of aryl methyl sites for hydroxylation is 1.